The number of hydrogen-bond acceptors (Lipinski definition) is 7. The number of nitro groups is 1. The van der Waals surface area contributed by atoms with Gasteiger partial charge in [0.05, 0.1) is 10.5 Å². The first-order valence-electron chi connectivity index (χ1n) is 8.57. The van der Waals surface area contributed by atoms with Crippen LogP contribution in [0.25, 0.3) is 0 Å². The summed E-state index contributed by atoms with van der Waals surface area (Å²) in [5.41, 5.74) is 0.941. The van der Waals surface area contributed by atoms with Crippen molar-refractivity contribution in [2.45, 2.75) is 20.0 Å². The topological polar surface area (TPSA) is 140 Å². The molecule has 1 unspecified atom stereocenters. The van der Waals surface area contributed by atoms with E-state index in [-0.39, 0.29) is 22.8 Å². The highest BCUT2D eigenvalue weighted by atomic mass is 16.6. The van der Waals surface area contributed by atoms with Gasteiger partial charge in [0.25, 0.3) is 11.6 Å². The van der Waals surface area contributed by atoms with Crippen molar-refractivity contribution in [3.63, 3.8) is 0 Å². The minimum absolute atomic E-state index is 0.0463. The third-order valence-electron chi connectivity index (χ3n) is 3.83. The summed E-state index contributed by atoms with van der Waals surface area (Å²) >= 11 is 0. The molecule has 0 bridgehead atoms. The van der Waals surface area contributed by atoms with E-state index in [4.69, 9.17) is 4.74 Å². The lowest BCUT2D eigenvalue weighted by Crippen LogP contribution is -2.30. The van der Waals surface area contributed by atoms with Gasteiger partial charge in [0, 0.05) is 31.4 Å². The van der Waals surface area contributed by atoms with Gasteiger partial charge in [0.2, 0.25) is 5.91 Å². The molecule has 0 heterocycles. The number of nitrogens with zero attached hydrogens (tertiary/aromatic N) is 1. The van der Waals surface area contributed by atoms with Crippen molar-refractivity contribution in [1.29, 1.82) is 0 Å². The summed E-state index contributed by atoms with van der Waals surface area (Å²) in [6, 6.07) is 10.2. The fourth-order valence-electron chi connectivity index (χ4n) is 2.39. The molecule has 29 heavy (non-hydrogen) atoms. The smallest absolute Gasteiger partial charge is 0.339 e. The van der Waals surface area contributed by atoms with Crippen LogP contribution in [0.1, 0.15) is 24.2 Å². The molecule has 0 aliphatic carbocycles. The van der Waals surface area contributed by atoms with Gasteiger partial charge in [0.15, 0.2) is 6.10 Å². The number of ether oxygens (including phenoxy) is 1. The van der Waals surface area contributed by atoms with E-state index in [9.17, 15) is 24.5 Å². The predicted molar refractivity (Wildman–Crippen MR) is 107 cm³/mol. The van der Waals surface area contributed by atoms with E-state index in [1.165, 1.54) is 33.0 Å². The van der Waals surface area contributed by atoms with Crippen molar-refractivity contribution < 1.29 is 24.0 Å². The number of hydrogen-bond donors (Lipinski definition) is 3. The van der Waals surface area contributed by atoms with Crippen LogP contribution in [-0.2, 0) is 14.3 Å². The highest BCUT2D eigenvalue weighted by molar-refractivity contribution is 5.98. The molecule has 0 radical (unpaired) electrons. The molecule has 3 N–H and O–H groups in total. The lowest BCUT2D eigenvalue weighted by Gasteiger charge is -2.14. The molecule has 0 aliphatic heterocycles. The zero-order valence-corrected chi connectivity index (χ0v) is 16.0. The third-order valence-corrected chi connectivity index (χ3v) is 3.83. The number of esters is 1. The van der Waals surface area contributed by atoms with Crippen molar-refractivity contribution in [2.24, 2.45) is 0 Å². The minimum Gasteiger partial charge on any atom is -0.449 e. The number of carbonyl (C=O) groups excluding carboxylic acids is 3. The van der Waals surface area contributed by atoms with Gasteiger partial charge < -0.3 is 20.7 Å². The molecule has 0 aliphatic rings. The SMILES string of the molecule is CNc1ccc(C(=O)OC(C)C(=O)Nc2ccc(NC(C)=O)cc2)cc1[N+](=O)[O-]. The zero-order valence-electron chi connectivity index (χ0n) is 16.0. The van der Waals surface area contributed by atoms with Crippen LogP contribution in [0.15, 0.2) is 42.5 Å². The molecule has 2 amide bonds. The standard InChI is InChI=1S/C19H20N4O6/c1-11(18(25)22-15-7-5-14(6-8-15)21-12(2)24)29-19(26)13-4-9-16(20-3)17(10-13)23(27)28/h4-11,20H,1-3H3,(H,21,24)(H,22,25). The van der Waals surface area contributed by atoms with Gasteiger partial charge >= 0.3 is 5.97 Å². The summed E-state index contributed by atoms with van der Waals surface area (Å²) in [6.45, 7) is 2.77. The summed E-state index contributed by atoms with van der Waals surface area (Å²) in [4.78, 5) is 46.0. The molecule has 2 rings (SSSR count). The Hall–Kier alpha value is -3.95. The maximum atomic E-state index is 12.2. The van der Waals surface area contributed by atoms with Crippen LogP contribution in [0, 0.1) is 10.1 Å². The predicted octanol–water partition coefficient (Wildman–Crippen LogP) is 2.78. The second-order valence-electron chi connectivity index (χ2n) is 6.03. The van der Waals surface area contributed by atoms with Crippen LogP contribution in [0.4, 0.5) is 22.7 Å². The van der Waals surface area contributed by atoms with E-state index < -0.39 is 22.9 Å². The first-order chi connectivity index (χ1) is 13.7. The van der Waals surface area contributed by atoms with Crippen molar-refractivity contribution in [3.05, 3.63) is 58.1 Å². The van der Waals surface area contributed by atoms with Gasteiger partial charge in [0.1, 0.15) is 5.69 Å². The second-order valence-corrected chi connectivity index (χ2v) is 6.03. The summed E-state index contributed by atoms with van der Waals surface area (Å²) < 4.78 is 5.10. The molecule has 152 valence electrons. The van der Waals surface area contributed by atoms with Crippen LogP contribution < -0.4 is 16.0 Å². The van der Waals surface area contributed by atoms with Crippen molar-refractivity contribution in [2.75, 3.05) is 23.0 Å². The minimum atomic E-state index is -1.14. The first kappa shape index (κ1) is 21.4. The van der Waals surface area contributed by atoms with Crippen LogP contribution in [0.3, 0.4) is 0 Å². The van der Waals surface area contributed by atoms with Gasteiger partial charge in [-0.2, -0.15) is 0 Å². The Morgan fingerprint density at radius 3 is 2.14 bits per heavy atom. The van der Waals surface area contributed by atoms with E-state index >= 15 is 0 Å². The number of nitro benzene ring substituents is 1. The highest BCUT2D eigenvalue weighted by Gasteiger charge is 2.22. The molecule has 0 spiro atoms. The van der Waals surface area contributed by atoms with E-state index in [2.05, 4.69) is 16.0 Å². The van der Waals surface area contributed by atoms with Gasteiger partial charge in [-0.05, 0) is 43.3 Å². The Morgan fingerprint density at radius 2 is 1.62 bits per heavy atom. The average molecular weight is 400 g/mol. The average Bonchev–Trinajstić information content (AvgIpc) is 2.68. The lowest BCUT2D eigenvalue weighted by atomic mass is 10.1. The lowest BCUT2D eigenvalue weighted by molar-refractivity contribution is -0.384. The highest BCUT2D eigenvalue weighted by Crippen LogP contribution is 2.25. The summed E-state index contributed by atoms with van der Waals surface area (Å²) in [7, 11) is 1.52. The molecule has 0 aromatic heterocycles. The number of rotatable bonds is 7. The Balaban J connectivity index is 2.02. The Kier molecular flexibility index (Phi) is 6.85. The number of carbonyl (C=O) groups is 3. The summed E-state index contributed by atoms with van der Waals surface area (Å²) in [5.74, 6) is -1.66. The molecule has 0 saturated carbocycles. The Bertz CT molecular complexity index is 942. The van der Waals surface area contributed by atoms with Gasteiger partial charge in [-0.15, -0.1) is 0 Å². The second kappa shape index (κ2) is 9.31. The van der Waals surface area contributed by atoms with E-state index in [0.29, 0.717) is 11.4 Å². The zero-order chi connectivity index (χ0) is 21.6. The number of amides is 2. The summed E-state index contributed by atoms with van der Waals surface area (Å²) in [5, 5.41) is 18.9. The van der Waals surface area contributed by atoms with E-state index in [1.807, 2.05) is 0 Å². The molecule has 1 atom stereocenters. The largest absolute Gasteiger partial charge is 0.449 e. The van der Waals surface area contributed by atoms with Crippen LogP contribution in [-0.4, -0.2) is 35.9 Å². The van der Waals surface area contributed by atoms with Gasteiger partial charge in [-0.25, -0.2) is 4.79 Å². The molecule has 2 aromatic rings. The fourth-order valence-corrected chi connectivity index (χ4v) is 2.39. The van der Waals surface area contributed by atoms with Gasteiger partial charge in [-0.1, -0.05) is 0 Å². The maximum Gasteiger partial charge on any atom is 0.339 e. The van der Waals surface area contributed by atoms with Crippen molar-refractivity contribution in [3.8, 4) is 0 Å². The molecule has 2 aromatic carbocycles. The van der Waals surface area contributed by atoms with Crippen molar-refractivity contribution in [1.82, 2.24) is 0 Å². The normalized spacial score (nSPS) is 11.1. The molecule has 0 saturated heterocycles. The fraction of sp³-hybridized carbons (Fsp3) is 0.211. The van der Waals surface area contributed by atoms with Gasteiger partial charge in [-0.3, -0.25) is 19.7 Å². The Labute approximate surface area is 166 Å². The van der Waals surface area contributed by atoms with Crippen LogP contribution in [0.5, 0.6) is 0 Å². The Morgan fingerprint density at radius 1 is 1.03 bits per heavy atom. The number of benzene rings is 2. The molecule has 10 nitrogen and oxygen atoms in total. The van der Waals surface area contributed by atoms with E-state index in [0.717, 1.165) is 6.07 Å². The maximum absolute atomic E-state index is 12.2. The quantitative estimate of drug-likeness (QED) is 0.369. The van der Waals surface area contributed by atoms with E-state index in [1.54, 1.807) is 24.3 Å². The molecule has 0 fully saturated rings. The number of anilines is 3. The third kappa shape index (κ3) is 5.76. The summed E-state index contributed by atoms with van der Waals surface area (Å²) in [6.07, 6.45) is -1.14. The molecule has 10 heteroatoms. The van der Waals surface area contributed by atoms with Crippen LogP contribution >= 0.6 is 0 Å². The molecular weight excluding hydrogens is 380 g/mol. The number of nitrogens with one attached hydrogen (secondary N) is 3. The van der Waals surface area contributed by atoms with Crippen molar-refractivity contribution >= 4 is 40.5 Å². The van der Waals surface area contributed by atoms with Crippen LogP contribution in [0.2, 0.25) is 0 Å². The first-order valence-corrected chi connectivity index (χ1v) is 8.57. The molecular formula is C19H20N4O6. The monoisotopic (exact) mass is 400 g/mol.